The van der Waals surface area contributed by atoms with E-state index < -0.39 is 94.6 Å². The van der Waals surface area contributed by atoms with Crippen LogP contribution in [0.15, 0.2) is 69.1 Å². The summed E-state index contributed by atoms with van der Waals surface area (Å²) >= 11 is 6.01. The Morgan fingerprint density at radius 3 is 2.21 bits per heavy atom. The van der Waals surface area contributed by atoms with Crippen LogP contribution in [0.2, 0.25) is 0 Å². The standard InChI is InChI=1S/C14H13BrFN3O4S.C10H3BrFN5O5.C4H8O2S/c15-10-3-8(1-2-11(10)16)4-12(17-20)14-13(18-23-19-14)5-9-6-24(21,22)7-9;11-5-3-4(1-2-6(5)12)16-8(14-21-10(16)18)7-9(17(19)20)15-22-13-7;1-4-2-7(5,6)3-4/h1-3,9,20H,4-7H2;1-3H;4H,2-3H2,1H3/i6D2,7D2;;2D2,3D2. The minimum atomic E-state index is -4.62. The van der Waals surface area contributed by atoms with E-state index in [1.807, 2.05) is 0 Å². The maximum Gasteiger partial charge on any atom is 0.446 e. The van der Waals surface area contributed by atoms with Crippen LogP contribution in [0.5, 0.6) is 0 Å². The van der Waals surface area contributed by atoms with Gasteiger partial charge in [-0.25, -0.2) is 39.6 Å². The van der Waals surface area contributed by atoms with Crippen LogP contribution >= 0.6 is 31.9 Å². The summed E-state index contributed by atoms with van der Waals surface area (Å²) in [6.07, 6.45) is -0.455. The molecule has 25 heteroatoms. The molecule has 0 saturated carbocycles. The van der Waals surface area contributed by atoms with Crippen LogP contribution in [0.1, 0.15) is 34.8 Å². The zero-order valence-corrected chi connectivity index (χ0v) is 30.8. The molecule has 0 amide bonds. The van der Waals surface area contributed by atoms with Crippen molar-refractivity contribution >= 4 is 63.1 Å². The largest absolute Gasteiger partial charge is 0.446 e. The van der Waals surface area contributed by atoms with Gasteiger partial charge in [-0.05, 0) is 94.8 Å². The molecule has 19 nitrogen and oxygen atoms in total. The van der Waals surface area contributed by atoms with Gasteiger partial charge in [-0.1, -0.05) is 28.5 Å². The summed E-state index contributed by atoms with van der Waals surface area (Å²) < 4.78 is 145. The number of hydrogen-bond donors (Lipinski definition) is 1. The van der Waals surface area contributed by atoms with Crippen molar-refractivity contribution in [3.8, 4) is 17.2 Å². The van der Waals surface area contributed by atoms with Gasteiger partial charge in [-0.15, -0.1) is 4.63 Å². The van der Waals surface area contributed by atoms with E-state index in [1.165, 1.54) is 37.3 Å². The molecular formula is C28H24Br2F2N8O11S2. The molecule has 0 radical (unpaired) electrons. The fourth-order valence-corrected chi connectivity index (χ4v) is 7.02. The SMILES string of the molecule is O=c1onc(-c2nonc2[N+](=O)[O-])n1-c1ccc(F)c(Br)c1.[2H]C1([2H])C(C)C([2H])([2H])S1(=O)=O.[2H]C1([2H])C(Cc2nonc2C(Cc2ccc(F)c(Br)c2)=NO)C([2H])([2H])S1(=O)=O. The number of nitrogens with zero attached hydrogens (tertiary/aromatic N) is 8. The molecule has 2 fully saturated rings. The normalized spacial score (nSPS) is 22.4. The number of benzene rings is 2. The van der Waals surface area contributed by atoms with Gasteiger partial charge in [0.25, 0.3) is 5.69 Å². The first-order chi connectivity index (χ1) is 28.1. The number of oxime groups is 1. The Morgan fingerprint density at radius 2 is 1.62 bits per heavy atom. The van der Waals surface area contributed by atoms with Gasteiger partial charge in [-0.2, -0.15) is 0 Å². The molecule has 0 atom stereocenters. The third kappa shape index (κ3) is 9.63. The van der Waals surface area contributed by atoms with Crippen molar-refractivity contribution in [1.29, 1.82) is 0 Å². The minimum absolute atomic E-state index is 0.0145. The van der Waals surface area contributed by atoms with Gasteiger partial charge < -0.3 is 15.3 Å². The lowest BCUT2D eigenvalue weighted by atomic mass is 10.0. The molecule has 1 N–H and O–H groups in total. The topological polar surface area (TPSA) is 270 Å². The summed E-state index contributed by atoms with van der Waals surface area (Å²) in [5.74, 6) is -5.63. The van der Waals surface area contributed by atoms with Crippen LogP contribution in [-0.4, -0.2) is 85.8 Å². The number of nitro groups is 1. The number of halogens is 4. The third-order valence-corrected chi connectivity index (χ3v) is 10.3. The summed E-state index contributed by atoms with van der Waals surface area (Å²) in [5.41, 5.74) is -10.2. The van der Waals surface area contributed by atoms with Gasteiger partial charge in [0.1, 0.15) is 23.0 Å². The number of sulfone groups is 2. The average Bonchev–Trinajstić information content (AvgIpc) is 3.95. The lowest BCUT2D eigenvalue weighted by molar-refractivity contribution is -0.390. The van der Waals surface area contributed by atoms with Gasteiger partial charge in [-0.3, -0.25) is 4.52 Å². The molecule has 7 rings (SSSR count). The summed E-state index contributed by atoms with van der Waals surface area (Å²) in [4.78, 5) is 21.8. The second-order valence-electron chi connectivity index (χ2n) is 10.4. The summed E-state index contributed by atoms with van der Waals surface area (Å²) in [6, 6.07) is 7.76. The Morgan fingerprint density at radius 1 is 1.00 bits per heavy atom. The number of aromatic nitrogens is 6. The molecule has 2 saturated heterocycles. The fraction of sp³-hybridized carbons (Fsp3) is 0.321. The van der Waals surface area contributed by atoms with Gasteiger partial charge >= 0.3 is 11.6 Å². The van der Waals surface area contributed by atoms with E-state index in [0.29, 0.717) is 5.56 Å². The van der Waals surface area contributed by atoms with Gasteiger partial charge in [0.15, 0.2) is 30.5 Å². The van der Waals surface area contributed by atoms with Crippen LogP contribution in [0.3, 0.4) is 0 Å². The van der Waals surface area contributed by atoms with E-state index in [9.17, 15) is 45.7 Å². The average molecular weight is 919 g/mol. The highest BCUT2D eigenvalue weighted by molar-refractivity contribution is 9.10. The molecule has 2 aliphatic heterocycles. The van der Waals surface area contributed by atoms with Gasteiger partial charge in [0, 0.05) is 23.8 Å². The maximum absolute atomic E-state index is 13.4. The predicted molar refractivity (Wildman–Crippen MR) is 184 cm³/mol. The molecule has 2 aromatic carbocycles. The van der Waals surface area contributed by atoms with Crippen LogP contribution in [-0.2, 0) is 32.5 Å². The summed E-state index contributed by atoms with van der Waals surface area (Å²) in [6.45, 7) is 1.25. The Kier molecular flexibility index (Phi) is 9.01. The first-order valence-corrected chi connectivity index (χ1v) is 18.6. The van der Waals surface area contributed by atoms with E-state index in [4.69, 9.17) is 11.0 Å². The van der Waals surface area contributed by atoms with E-state index in [0.717, 1.165) is 10.6 Å². The Balaban J connectivity index is 0.000000189. The van der Waals surface area contributed by atoms with Crippen LogP contribution in [0.4, 0.5) is 14.6 Å². The molecule has 5 heterocycles. The highest BCUT2D eigenvalue weighted by Gasteiger charge is 2.35. The lowest BCUT2D eigenvalue weighted by Gasteiger charge is -2.24. The van der Waals surface area contributed by atoms with Gasteiger partial charge in [0.2, 0.25) is 5.82 Å². The summed E-state index contributed by atoms with van der Waals surface area (Å²) in [7, 11) is -8.84. The zero-order valence-electron chi connectivity index (χ0n) is 34.0. The van der Waals surface area contributed by atoms with Crippen molar-refractivity contribution in [2.24, 2.45) is 17.0 Å². The fourth-order valence-electron chi connectivity index (χ4n) is 4.38. The minimum Gasteiger partial charge on any atom is -0.411 e. The first kappa shape index (κ1) is 29.7. The number of hydrogen-bond acceptors (Lipinski definition) is 17. The maximum atomic E-state index is 13.4. The van der Waals surface area contributed by atoms with E-state index >= 15 is 0 Å². The Labute approximate surface area is 324 Å². The molecule has 0 bridgehead atoms. The Hall–Kier alpha value is -4.75. The van der Waals surface area contributed by atoms with E-state index in [2.05, 4.69) is 76.6 Å². The van der Waals surface area contributed by atoms with Crippen LogP contribution in [0, 0.1) is 33.6 Å². The van der Waals surface area contributed by atoms with E-state index in [-0.39, 0.29) is 44.0 Å². The smallest absolute Gasteiger partial charge is 0.411 e. The van der Waals surface area contributed by atoms with Crippen LogP contribution in [0.25, 0.3) is 17.2 Å². The van der Waals surface area contributed by atoms with Crippen molar-refractivity contribution < 1.29 is 60.5 Å². The van der Waals surface area contributed by atoms with Crippen molar-refractivity contribution in [3.05, 3.63) is 94.6 Å². The monoisotopic (exact) mass is 916 g/mol. The van der Waals surface area contributed by atoms with Crippen molar-refractivity contribution in [2.75, 3.05) is 22.8 Å². The summed E-state index contributed by atoms with van der Waals surface area (Å²) in [5, 5.41) is 40.4. The third-order valence-electron chi connectivity index (χ3n) is 6.58. The zero-order chi connectivity index (χ0) is 45.8. The molecule has 0 spiro atoms. The molecule has 2 aliphatic rings. The second-order valence-corrected chi connectivity index (χ2v) is 15.1. The number of rotatable bonds is 8. The van der Waals surface area contributed by atoms with Crippen molar-refractivity contribution in [2.45, 2.75) is 19.8 Å². The molecular weight excluding hydrogens is 886 g/mol. The molecule has 282 valence electrons. The second kappa shape index (κ2) is 16.1. The predicted octanol–water partition coefficient (Wildman–Crippen LogP) is 3.72. The first-order valence-electron chi connectivity index (χ1n) is 18.0. The molecule has 5 aromatic rings. The lowest BCUT2D eigenvalue weighted by Crippen LogP contribution is -2.37. The van der Waals surface area contributed by atoms with Gasteiger partial charge in [0.05, 0.1) is 37.5 Å². The van der Waals surface area contributed by atoms with Crippen LogP contribution < -0.4 is 5.76 Å². The highest BCUT2D eigenvalue weighted by atomic mass is 79.9. The Bertz CT molecular complexity index is 2800. The molecule has 53 heavy (non-hydrogen) atoms. The van der Waals surface area contributed by atoms with E-state index in [1.54, 1.807) is 0 Å². The van der Waals surface area contributed by atoms with Crippen molar-refractivity contribution in [1.82, 2.24) is 30.4 Å². The molecule has 0 aliphatic carbocycles. The quantitative estimate of drug-likeness (QED) is 0.101. The van der Waals surface area contributed by atoms with Crippen molar-refractivity contribution in [3.63, 3.8) is 0 Å². The molecule has 0 unspecified atom stereocenters. The highest BCUT2D eigenvalue weighted by Crippen LogP contribution is 2.28. The molecule has 3 aromatic heterocycles.